The Bertz CT molecular complexity index is 434. The predicted octanol–water partition coefficient (Wildman–Crippen LogP) is 1.53. The van der Waals surface area contributed by atoms with Gasteiger partial charge in [0, 0.05) is 26.1 Å². The molecule has 0 aromatic heterocycles. The molecule has 5 nitrogen and oxygen atoms in total. The summed E-state index contributed by atoms with van der Waals surface area (Å²) in [7, 11) is 1.57. The van der Waals surface area contributed by atoms with Crippen molar-refractivity contribution in [3.8, 4) is 0 Å². The maximum Gasteiger partial charge on any atom is 0.326 e. The number of nitrogens with zero attached hydrogens (tertiary/aromatic N) is 1. The van der Waals surface area contributed by atoms with E-state index in [2.05, 4.69) is 12.6 Å². The first-order valence-electron chi connectivity index (χ1n) is 6.52. The minimum atomic E-state index is -0.991. The van der Waals surface area contributed by atoms with Gasteiger partial charge in [-0.25, -0.2) is 4.79 Å². The maximum atomic E-state index is 12.0. The van der Waals surface area contributed by atoms with E-state index in [4.69, 9.17) is 5.11 Å². The van der Waals surface area contributed by atoms with Crippen LogP contribution >= 0.6 is 12.6 Å². The molecule has 0 saturated heterocycles. The number of carboxylic acids is 1. The van der Waals surface area contributed by atoms with E-state index in [1.54, 1.807) is 7.05 Å². The van der Waals surface area contributed by atoms with Gasteiger partial charge in [-0.05, 0) is 17.6 Å². The van der Waals surface area contributed by atoms with Crippen molar-refractivity contribution in [1.82, 2.24) is 4.90 Å². The van der Waals surface area contributed by atoms with Gasteiger partial charge in [0.05, 0.1) is 5.57 Å². The van der Waals surface area contributed by atoms with E-state index >= 15 is 0 Å². The standard InChI is InChI=1S/C14H21NO4S/c1-14(2)6-11(16)9(12(17)7-14)8-15(3)10(4-5-20)13(18)19/h8,10,20H,4-7H2,1-3H3,(H,18,19)/t10-/m0/s1. The molecule has 0 aromatic rings. The second-order valence-electron chi connectivity index (χ2n) is 5.94. The van der Waals surface area contributed by atoms with E-state index < -0.39 is 12.0 Å². The quantitative estimate of drug-likeness (QED) is 0.457. The highest BCUT2D eigenvalue weighted by Gasteiger charge is 2.36. The van der Waals surface area contributed by atoms with Gasteiger partial charge in [-0.15, -0.1) is 0 Å². The Morgan fingerprint density at radius 1 is 1.40 bits per heavy atom. The first-order valence-corrected chi connectivity index (χ1v) is 7.15. The number of hydrogen-bond donors (Lipinski definition) is 2. The molecule has 1 saturated carbocycles. The third-order valence-corrected chi connectivity index (χ3v) is 3.65. The van der Waals surface area contributed by atoms with Crippen molar-refractivity contribution in [2.45, 2.75) is 39.2 Å². The van der Waals surface area contributed by atoms with E-state index in [-0.39, 0.29) is 22.6 Å². The van der Waals surface area contributed by atoms with Crippen LogP contribution in [0.5, 0.6) is 0 Å². The molecule has 6 heteroatoms. The van der Waals surface area contributed by atoms with E-state index in [0.717, 1.165) is 0 Å². The van der Waals surface area contributed by atoms with Gasteiger partial charge in [0.2, 0.25) is 0 Å². The van der Waals surface area contributed by atoms with Crippen molar-refractivity contribution in [1.29, 1.82) is 0 Å². The molecule has 1 atom stereocenters. The molecule has 0 aromatic carbocycles. The number of carbonyl (C=O) groups is 3. The number of aliphatic carboxylic acids is 1. The Balaban J connectivity index is 2.95. The topological polar surface area (TPSA) is 74.7 Å². The van der Waals surface area contributed by atoms with Crippen molar-refractivity contribution in [3.05, 3.63) is 11.8 Å². The lowest BCUT2D eigenvalue weighted by Crippen LogP contribution is -2.38. The highest BCUT2D eigenvalue weighted by molar-refractivity contribution is 7.80. The minimum absolute atomic E-state index is 0.109. The monoisotopic (exact) mass is 299 g/mol. The van der Waals surface area contributed by atoms with E-state index in [1.807, 2.05) is 13.8 Å². The zero-order valence-corrected chi connectivity index (χ0v) is 12.9. The fraction of sp³-hybridized carbons (Fsp3) is 0.643. The second-order valence-corrected chi connectivity index (χ2v) is 6.39. The molecule has 0 spiro atoms. The van der Waals surface area contributed by atoms with Gasteiger partial charge in [-0.1, -0.05) is 13.8 Å². The lowest BCUT2D eigenvalue weighted by atomic mass is 9.74. The smallest absolute Gasteiger partial charge is 0.326 e. The molecule has 1 rings (SSSR count). The number of thiol groups is 1. The number of carboxylic acid groups (broad SMARTS) is 1. The minimum Gasteiger partial charge on any atom is -0.480 e. The summed E-state index contributed by atoms with van der Waals surface area (Å²) < 4.78 is 0. The van der Waals surface area contributed by atoms with Crippen LogP contribution in [0.4, 0.5) is 0 Å². The van der Waals surface area contributed by atoms with E-state index in [9.17, 15) is 14.4 Å². The molecule has 20 heavy (non-hydrogen) atoms. The predicted molar refractivity (Wildman–Crippen MR) is 78.8 cm³/mol. The number of likely N-dealkylation sites (N-methyl/N-ethyl adjacent to an activating group) is 1. The summed E-state index contributed by atoms with van der Waals surface area (Å²) in [4.78, 5) is 36.6. The molecular weight excluding hydrogens is 278 g/mol. The third kappa shape index (κ3) is 4.10. The fourth-order valence-electron chi connectivity index (χ4n) is 2.34. The third-order valence-electron chi connectivity index (χ3n) is 3.39. The number of Topliss-reactive ketones (excluding diaryl/α,β-unsaturated/α-hetero) is 2. The van der Waals surface area contributed by atoms with Crippen molar-refractivity contribution >= 4 is 30.2 Å². The second kappa shape index (κ2) is 6.43. The molecule has 1 N–H and O–H groups in total. The van der Waals surface area contributed by atoms with Crippen LogP contribution in [0, 0.1) is 5.41 Å². The molecule has 0 heterocycles. The van der Waals surface area contributed by atoms with Crippen LogP contribution in [-0.4, -0.2) is 46.4 Å². The largest absolute Gasteiger partial charge is 0.480 e. The highest BCUT2D eigenvalue weighted by atomic mass is 32.1. The van der Waals surface area contributed by atoms with Crippen LogP contribution < -0.4 is 0 Å². The number of carbonyl (C=O) groups excluding carboxylic acids is 2. The summed E-state index contributed by atoms with van der Waals surface area (Å²) in [6, 6.07) is -0.782. The Labute approximate surface area is 124 Å². The Morgan fingerprint density at radius 3 is 2.30 bits per heavy atom. The lowest BCUT2D eigenvalue weighted by Gasteiger charge is -2.30. The van der Waals surface area contributed by atoms with Crippen LogP contribution in [0.1, 0.15) is 33.1 Å². The molecule has 1 fully saturated rings. The van der Waals surface area contributed by atoms with Gasteiger partial charge < -0.3 is 10.0 Å². The van der Waals surface area contributed by atoms with Crippen molar-refractivity contribution in [2.75, 3.05) is 12.8 Å². The molecule has 0 bridgehead atoms. The summed E-state index contributed by atoms with van der Waals surface area (Å²) in [6.45, 7) is 3.76. The molecular formula is C14H21NO4S. The Kier molecular flexibility index (Phi) is 5.39. The number of rotatable bonds is 5. The average molecular weight is 299 g/mol. The van der Waals surface area contributed by atoms with Gasteiger partial charge in [-0.2, -0.15) is 12.6 Å². The molecule has 1 aliphatic rings. The first-order chi connectivity index (χ1) is 9.18. The summed E-state index contributed by atoms with van der Waals surface area (Å²) in [6.07, 6.45) is 2.33. The zero-order valence-electron chi connectivity index (χ0n) is 12.0. The average Bonchev–Trinajstić information content (AvgIpc) is 2.28. The Morgan fingerprint density at radius 2 is 1.90 bits per heavy atom. The van der Waals surface area contributed by atoms with Crippen molar-refractivity contribution < 1.29 is 19.5 Å². The lowest BCUT2D eigenvalue weighted by molar-refractivity contribution is -0.142. The number of allylic oxidation sites excluding steroid dienone is 1. The van der Waals surface area contributed by atoms with Gasteiger partial charge in [-0.3, -0.25) is 9.59 Å². The van der Waals surface area contributed by atoms with Crippen LogP contribution in [0.3, 0.4) is 0 Å². The summed E-state index contributed by atoms with van der Waals surface area (Å²) in [5, 5.41) is 9.14. The molecule has 112 valence electrons. The fourth-order valence-corrected chi connectivity index (χ4v) is 2.58. The maximum absolute atomic E-state index is 12.0. The Hall–Kier alpha value is -1.30. The van der Waals surface area contributed by atoms with Crippen LogP contribution in [0.25, 0.3) is 0 Å². The van der Waals surface area contributed by atoms with Crippen LogP contribution in [0.15, 0.2) is 11.8 Å². The van der Waals surface area contributed by atoms with E-state index in [0.29, 0.717) is 25.0 Å². The number of hydrogen-bond acceptors (Lipinski definition) is 5. The van der Waals surface area contributed by atoms with Crippen molar-refractivity contribution in [3.63, 3.8) is 0 Å². The summed E-state index contributed by atoms with van der Waals surface area (Å²) in [5.74, 6) is -1.00. The molecule has 1 aliphatic carbocycles. The molecule has 0 aliphatic heterocycles. The molecule has 0 unspecified atom stereocenters. The highest BCUT2D eigenvalue weighted by Crippen LogP contribution is 2.33. The van der Waals surface area contributed by atoms with Crippen LogP contribution in [0.2, 0.25) is 0 Å². The SMILES string of the molecule is CN(C=C1C(=O)CC(C)(C)CC1=O)[C@@H](CCS)C(=O)O. The summed E-state index contributed by atoms with van der Waals surface area (Å²) in [5.41, 5.74) is -0.210. The van der Waals surface area contributed by atoms with Crippen LogP contribution in [-0.2, 0) is 14.4 Å². The van der Waals surface area contributed by atoms with Gasteiger partial charge in [0.15, 0.2) is 11.6 Å². The zero-order chi connectivity index (χ0) is 15.5. The first kappa shape index (κ1) is 16.8. The summed E-state index contributed by atoms with van der Waals surface area (Å²) >= 11 is 4.03. The van der Waals surface area contributed by atoms with Crippen molar-refractivity contribution in [2.24, 2.45) is 5.41 Å². The molecule has 0 radical (unpaired) electrons. The van der Waals surface area contributed by atoms with Gasteiger partial charge in [0.25, 0.3) is 0 Å². The van der Waals surface area contributed by atoms with Gasteiger partial charge >= 0.3 is 5.97 Å². The number of ketones is 2. The van der Waals surface area contributed by atoms with E-state index in [1.165, 1.54) is 11.1 Å². The van der Waals surface area contributed by atoms with Gasteiger partial charge in [0.1, 0.15) is 6.04 Å². The normalized spacial score (nSPS) is 19.7. The molecule has 0 amide bonds.